The SMILES string of the molecule is COCOc1cccc(-c2ccc(CCO)cc2)n1. The van der Waals surface area contributed by atoms with Gasteiger partial charge >= 0.3 is 0 Å². The van der Waals surface area contributed by atoms with Gasteiger partial charge in [0.05, 0.1) is 5.69 Å². The molecule has 4 heteroatoms. The molecule has 2 rings (SSSR count). The molecule has 2 aromatic rings. The van der Waals surface area contributed by atoms with E-state index in [1.165, 1.54) is 0 Å². The van der Waals surface area contributed by atoms with E-state index >= 15 is 0 Å². The summed E-state index contributed by atoms with van der Waals surface area (Å²) >= 11 is 0. The van der Waals surface area contributed by atoms with E-state index in [9.17, 15) is 0 Å². The first kappa shape index (κ1) is 13.5. The van der Waals surface area contributed by atoms with E-state index in [-0.39, 0.29) is 13.4 Å². The Bertz CT molecular complexity index is 511. The molecular formula is C15H17NO3. The topological polar surface area (TPSA) is 51.6 Å². The van der Waals surface area contributed by atoms with Gasteiger partial charge in [-0.05, 0) is 18.1 Å². The molecule has 0 unspecified atom stereocenters. The molecular weight excluding hydrogens is 242 g/mol. The van der Waals surface area contributed by atoms with Gasteiger partial charge in [-0.15, -0.1) is 0 Å². The molecule has 0 aliphatic rings. The van der Waals surface area contributed by atoms with Crippen LogP contribution in [0.15, 0.2) is 42.5 Å². The van der Waals surface area contributed by atoms with Crippen molar-refractivity contribution in [3.8, 4) is 17.1 Å². The van der Waals surface area contributed by atoms with Crippen LogP contribution >= 0.6 is 0 Å². The molecule has 1 aromatic heterocycles. The fraction of sp³-hybridized carbons (Fsp3) is 0.267. The highest BCUT2D eigenvalue weighted by Crippen LogP contribution is 2.20. The maximum absolute atomic E-state index is 8.88. The summed E-state index contributed by atoms with van der Waals surface area (Å²) in [5, 5.41) is 8.88. The number of benzene rings is 1. The summed E-state index contributed by atoms with van der Waals surface area (Å²) in [7, 11) is 1.57. The average molecular weight is 259 g/mol. The molecule has 1 heterocycles. The number of aliphatic hydroxyl groups is 1. The smallest absolute Gasteiger partial charge is 0.216 e. The van der Waals surface area contributed by atoms with E-state index in [1.807, 2.05) is 36.4 Å². The standard InChI is InChI=1S/C15H17NO3/c1-18-11-19-15-4-2-3-14(16-15)13-7-5-12(6-8-13)9-10-17/h2-8,17H,9-11H2,1H3. The number of methoxy groups -OCH3 is 1. The van der Waals surface area contributed by atoms with Gasteiger partial charge < -0.3 is 14.6 Å². The molecule has 0 spiro atoms. The van der Waals surface area contributed by atoms with Gasteiger partial charge in [-0.3, -0.25) is 0 Å². The van der Waals surface area contributed by atoms with Crippen molar-refractivity contribution in [2.45, 2.75) is 6.42 Å². The van der Waals surface area contributed by atoms with E-state index in [0.29, 0.717) is 12.3 Å². The predicted molar refractivity (Wildman–Crippen MR) is 73.0 cm³/mol. The fourth-order valence-electron chi connectivity index (χ4n) is 1.75. The zero-order valence-corrected chi connectivity index (χ0v) is 10.9. The number of aliphatic hydroxyl groups excluding tert-OH is 1. The normalized spacial score (nSPS) is 10.4. The Balaban J connectivity index is 2.16. The van der Waals surface area contributed by atoms with Crippen LogP contribution in [0.25, 0.3) is 11.3 Å². The Hall–Kier alpha value is -1.91. The lowest BCUT2D eigenvalue weighted by atomic mass is 10.1. The maximum atomic E-state index is 8.88. The molecule has 0 radical (unpaired) electrons. The Morgan fingerprint density at radius 1 is 1.11 bits per heavy atom. The van der Waals surface area contributed by atoms with Crippen molar-refractivity contribution < 1.29 is 14.6 Å². The van der Waals surface area contributed by atoms with Gasteiger partial charge in [-0.1, -0.05) is 30.3 Å². The molecule has 0 fully saturated rings. The lowest BCUT2D eigenvalue weighted by Gasteiger charge is -2.06. The molecule has 0 bridgehead atoms. The van der Waals surface area contributed by atoms with Crippen molar-refractivity contribution in [2.75, 3.05) is 20.5 Å². The number of aromatic nitrogens is 1. The molecule has 4 nitrogen and oxygen atoms in total. The van der Waals surface area contributed by atoms with Crippen LogP contribution in [0, 0.1) is 0 Å². The highest BCUT2D eigenvalue weighted by Gasteiger charge is 2.02. The van der Waals surface area contributed by atoms with Crippen molar-refractivity contribution in [1.82, 2.24) is 4.98 Å². The third-order valence-electron chi connectivity index (χ3n) is 2.70. The first-order chi connectivity index (χ1) is 9.33. The monoisotopic (exact) mass is 259 g/mol. The molecule has 0 aliphatic heterocycles. The van der Waals surface area contributed by atoms with Gasteiger partial charge in [-0.2, -0.15) is 0 Å². The highest BCUT2D eigenvalue weighted by molar-refractivity contribution is 5.59. The second kappa shape index (κ2) is 6.87. The van der Waals surface area contributed by atoms with Crippen LogP contribution in [-0.2, 0) is 11.2 Å². The predicted octanol–water partition coefficient (Wildman–Crippen LogP) is 2.27. The van der Waals surface area contributed by atoms with Gasteiger partial charge in [0.25, 0.3) is 0 Å². The van der Waals surface area contributed by atoms with Crippen LogP contribution in [0.5, 0.6) is 5.88 Å². The van der Waals surface area contributed by atoms with Crippen LogP contribution in [0.4, 0.5) is 0 Å². The van der Waals surface area contributed by atoms with E-state index in [0.717, 1.165) is 16.8 Å². The lowest BCUT2D eigenvalue weighted by Crippen LogP contribution is -2.00. The molecule has 0 saturated carbocycles. The summed E-state index contributed by atoms with van der Waals surface area (Å²) in [5.74, 6) is 0.541. The first-order valence-electron chi connectivity index (χ1n) is 6.12. The zero-order chi connectivity index (χ0) is 13.5. The Labute approximate surface area is 112 Å². The summed E-state index contributed by atoms with van der Waals surface area (Å²) in [5.41, 5.74) is 2.98. The number of ether oxygens (including phenoxy) is 2. The maximum Gasteiger partial charge on any atom is 0.216 e. The first-order valence-corrected chi connectivity index (χ1v) is 6.12. The van der Waals surface area contributed by atoms with Crippen molar-refractivity contribution in [1.29, 1.82) is 0 Å². The van der Waals surface area contributed by atoms with E-state index in [1.54, 1.807) is 13.2 Å². The van der Waals surface area contributed by atoms with E-state index in [4.69, 9.17) is 14.6 Å². The van der Waals surface area contributed by atoms with Gasteiger partial charge in [-0.25, -0.2) is 4.98 Å². The summed E-state index contributed by atoms with van der Waals surface area (Å²) in [6.07, 6.45) is 0.671. The minimum Gasteiger partial charge on any atom is -0.451 e. The minimum absolute atomic E-state index is 0.165. The second-order valence-electron chi connectivity index (χ2n) is 4.08. The van der Waals surface area contributed by atoms with Crippen molar-refractivity contribution in [3.63, 3.8) is 0 Å². The largest absolute Gasteiger partial charge is 0.451 e. The molecule has 19 heavy (non-hydrogen) atoms. The van der Waals surface area contributed by atoms with Crippen molar-refractivity contribution in [3.05, 3.63) is 48.0 Å². The van der Waals surface area contributed by atoms with E-state index < -0.39 is 0 Å². The molecule has 0 atom stereocenters. The molecule has 1 aromatic carbocycles. The Morgan fingerprint density at radius 3 is 2.58 bits per heavy atom. The number of hydrogen-bond acceptors (Lipinski definition) is 4. The van der Waals surface area contributed by atoms with Crippen LogP contribution in [0.2, 0.25) is 0 Å². The Morgan fingerprint density at radius 2 is 1.89 bits per heavy atom. The average Bonchev–Trinajstić information content (AvgIpc) is 2.46. The number of rotatable bonds is 6. The summed E-state index contributed by atoms with van der Waals surface area (Å²) in [6, 6.07) is 13.6. The van der Waals surface area contributed by atoms with E-state index in [2.05, 4.69) is 4.98 Å². The van der Waals surface area contributed by atoms with Gasteiger partial charge in [0, 0.05) is 25.3 Å². The van der Waals surface area contributed by atoms with Gasteiger partial charge in [0.15, 0.2) is 6.79 Å². The molecule has 0 aliphatic carbocycles. The van der Waals surface area contributed by atoms with Crippen LogP contribution in [-0.4, -0.2) is 30.6 Å². The number of nitrogens with zero attached hydrogens (tertiary/aromatic N) is 1. The molecule has 0 saturated heterocycles. The third-order valence-corrected chi connectivity index (χ3v) is 2.70. The molecule has 0 amide bonds. The van der Waals surface area contributed by atoms with Crippen molar-refractivity contribution >= 4 is 0 Å². The highest BCUT2D eigenvalue weighted by atomic mass is 16.7. The lowest BCUT2D eigenvalue weighted by molar-refractivity contribution is 0.0479. The number of hydrogen-bond donors (Lipinski definition) is 1. The minimum atomic E-state index is 0.165. The zero-order valence-electron chi connectivity index (χ0n) is 10.9. The van der Waals surface area contributed by atoms with Crippen LogP contribution < -0.4 is 4.74 Å². The summed E-state index contributed by atoms with van der Waals surface area (Å²) in [4.78, 5) is 4.40. The van der Waals surface area contributed by atoms with Gasteiger partial charge in [0.2, 0.25) is 5.88 Å². The number of pyridine rings is 1. The second-order valence-corrected chi connectivity index (χ2v) is 4.08. The van der Waals surface area contributed by atoms with Crippen molar-refractivity contribution in [2.24, 2.45) is 0 Å². The summed E-state index contributed by atoms with van der Waals surface area (Å²) < 4.78 is 10.2. The quantitative estimate of drug-likeness (QED) is 0.808. The fourth-order valence-corrected chi connectivity index (χ4v) is 1.75. The van der Waals surface area contributed by atoms with Gasteiger partial charge in [0.1, 0.15) is 0 Å². The molecule has 1 N–H and O–H groups in total. The molecule has 100 valence electrons. The summed E-state index contributed by atoms with van der Waals surface area (Å²) in [6.45, 7) is 0.351. The van der Waals surface area contributed by atoms with Crippen LogP contribution in [0.3, 0.4) is 0 Å². The Kier molecular flexibility index (Phi) is 4.89. The van der Waals surface area contributed by atoms with Crippen LogP contribution in [0.1, 0.15) is 5.56 Å². The third kappa shape index (κ3) is 3.77.